The molecule has 0 aromatic heterocycles. The smallest absolute Gasteiger partial charge is 0.192 e. The average Bonchev–Trinajstić information content (AvgIpc) is 2.38. The van der Waals surface area contributed by atoms with Gasteiger partial charge in [0.1, 0.15) is 0 Å². The zero-order valence-corrected chi connectivity index (χ0v) is 20.4. The van der Waals surface area contributed by atoms with Gasteiger partial charge in [0.25, 0.3) is 0 Å². The van der Waals surface area contributed by atoms with Crippen molar-refractivity contribution in [3.8, 4) is 0 Å². The second-order valence-electron chi connectivity index (χ2n) is 10.7. The van der Waals surface area contributed by atoms with E-state index in [0.717, 1.165) is 12.1 Å². The lowest BCUT2D eigenvalue weighted by Crippen LogP contribution is -2.52. The minimum absolute atomic E-state index is 0.0651. The first-order valence-corrected chi connectivity index (χ1v) is 15.4. The Kier molecular flexibility index (Phi) is 6.81. The number of hydrogen-bond acceptors (Lipinski definition) is 4. The van der Waals surface area contributed by atoms with Crippen LogP contribution in [0.15, 0.2) is 5.16 Å². The molecule has 0 bridgehead atoms. The van der Waals surface area contributed by atoms with Crippen molar-refractivity contribution in [3.05, 3.63) is 0 Å². The summed E-state index contributed by atoms with van der Waals surface area (Å²) in [4.78, 5) is 0. The molecule has 3 atom stereocenters. The molecule has 1 saturated carbocycles. The molecule has 25 heavy (non-hydrogen) atoms. The van der Waals surface area contributed by atoms with Crippen molar-refractivity contribution in [2.45, 2.75) is 110 Å². The summed E-state index contributed by atoms with van der Waals surface area (Å²) >= 11 is 0. The van der Waals surface area contributed by atoms with Crippen molar-refractivity contribution < 1.29 is 14.1 Å². The first kappa shape index (κ1) is 22.9. The maximum absolute atomic E-state index is 9.51. The Morgan fingerprint density at radius 1 is 0.920 bits per heavy atom. The second kappa shape index (κ2) is 7.45. The van der Waals surface area contributed by atoms with E-state index in [0.29, 0.717) is 6.42 Å². The van der Waals surface area contributed by atoms with E-state index in [1.165, 1.54) is 0 Å². The van der Waals surface area contributed by atoms with Crippen molar-refractivity contribution in [2.75, 3.05) is 0 Å². The van der Waals surface area contributed by atoms with E-state index in [-0.39, 0.29) is 28.2 Å². The highest BCUT2D eigenvalue weighted by Gasteiger charge is 2.45. The molecule has 148 valence electrons. The fourth-order valence-electron chi connectivity index (χ4n) is 2.70. The second-order valence-corrected chi connectivity index (χ2v) is 20.2. The highest BCUT2D eigenvalue weighted by atomic mass is 28.4. The van der Waals surface area contributed by atoms with Gasteiger partial charge in [0.15, 0.2) is 16.6 Å². The van der Waals surface area contributed by atoms with Crippen LogP contribution in [0, 0.1) is 5.92 Å². The monoisotopic (exact) mass is 387 g/mol. The molecule has 0 saturated heterocycles. The lowest BCUT2D eigenvalue weighted by atomic mass is 9.84. The van der Waals surface area contributed by atoms with Crippen LogP contribution in [0.4, 0.5) is 0 Å². The van der Waals surface area contributed by atoms with Gasteiger partial charge in [-0.2, -0.15) is 0 Å². The molecule has 1 rings (SSSR count). The van der Waals surface area contributed by atoms with Gasteiger partial charge in [-0.15, -0.1) is 0 Å². The van der Waals surface area contributed by atoms with Gasteiger partial charge >= 0.3 is 0 Å². The molecular weight excluding hydrogens is 346 g/mol. The van der Waals surface area contributed by atoms with Gasteiger partial charge in [0, 0.05) is 12.3 Å². The number of hydrogen-bond donors (Lipinski definition) is 1. The summed E-state index contributed by atoms with van der Waals surface area (Å²) < 4.78 is 13.3. The third-order valence-corrected chi connectivity index (χ3v) is 15.7. The number of oxime groups is 1. The SMILES string of the molecule is CC1/C(=N\O)C[C@H](O[Si](C)(C)C(C)(C)C)C[C@@H]1O[Si](C)(C)C(C)(C)C. The fourth-order valence-corrected chi connectivity index (χ4v) is 5.48. The summed E-state index contributed by atoms with van der Waals surface area (Å²) in [6.45, 7) is 24.8. The summed E-state index contributed by atoms with van der Waals surface area (Å²) in [5, 5.41) is 13.4. The maximum atomic E-state index is 9.51. The Bertz CT molecular complexity index is 490. The molecule has 0 aromatic carbocycles. The Balaban J connectivity index is 3.00. The molecule has 4 nitrogen and oxygen atoms in total. The van der Waals surface area contributed by atoms with Gasteiger partial charge in [0.05, 0.1) is 17.9 Å². The van der Waals surface area contributed by atoms with E-state index in [2.05, 4.69) is 79.8 Å². The standard InChI is InChI=1S/C19H41NO3Si2/c1-14-16(20-21)12-15(22-24(8,9)18(2,3)4)13-17(14)23-25(10,11)19(5,6)7/h14-15,17,21H,12-13H2,1-11H3/b20-16-/t14?,15-,17-/m0/s1. The predicted molar refractivity (Wildman–Crippen MR) is 112 cm³/mol. The molecule has 0 spiro atoms. The zero-order chi connectivity index (χ0) is 19.8. The van der Waals surface area contributed by atoms with E-state index in [9.17, 15) is 5.21 Å². The summed E-state index contributed by atoms with van der Waals surface area (Å²) in [5.74, 6) is 0.137. The van der Waals surface area contributed by atoms with Gasteiger partial charge < -0.3 is 14.1 Å². The van der Waals surface area contributed by atoms with Crippen molar-refractivity contribution in [3.63, 3.8) is 0 Å². The van der Waals surface area contributed by atoms with Crippen LogP contribution >= 0.6 is 0 Å². The molecule has 0 radical (unpaired) electrons. The Labute approximate surface area is 157 Å². The van der Waals surface area contributed by atoms with E-state index in [1.54, 1.807) is 0 Å². The summed E-state index contributed by atoms with van der Waals surface area (Å²) in [6, 6.07) is 0. The highest BCUT2D eigenvalue weighted by Crippen LogP contribution is 2.42. The fraction of sp³-hybridized carbons (Fsp3) is 0.947. The van der Waals surface area contributed by atoms with Crippen LogP contribution in [0.5, 0.6) is 0 Å². The van der Waals surface area contributed by atoms with E-state index in [4.69, 9.17) is 8.85 Å². The third-order valence-electron chi connectivity index (χ3n) is 6.66. The Hall–Kier alpha value is -0.176. The van der Waals surface area contributed by atoms with E-state index in [1.807, 2.05) is 0 Å². The number of nitrogens with zero attached hydrogens (tertiary/aromatic N) is 1. The zero-order valence-electron chi connectivity index (χ0n) is 18.4. The quantitative estimate of drug-likeness (QED) is 0.364. The average molecular weight is 388 g/mol. The van der Waals surface area contributed by atoms with Crippen LogP contribution < -0.4 is 0 Å². The molecular formula is C19H41NO3Si2. The van der Waals surface area contributed by atoms with Crippen molar-refractivity contribution in [1.29, 1.82) is 0 Å². The maximum Gasteiger partial charge on any atom is 0.192 e. The van der Waals surface area contributed by atoms with Gasteiger partial charge in [-0.3, -0.25) is 0 Å². The topological polar surface area (TPSA) is 51.1 Å². The van der Waals surface area contributed by atoms with Crippen molar-refractivity contribution in [1.82, 2.24) is 0 Å². The molecule has 0 amide bonds. The van der Waals surface area contributed by atoms with Gasteiger partial charge in [-0.25, -0.2) is 0 Å². The largest absolute Gasteiger partial charge is 0.413 e. The van der Waals surface area contributed by atoms with Gasteiger partial charge in [-0.1, -0.05) is 53.6 Å². The van der Waals surface area contributed by atoms with Crippen LogP contribution in [-0.2, 0) is 8.85 Å². The van der Waals surface area contributed by atoms with E-state index >= 15 is 0 Å². The molecule has 1 N–H and O–H groups in total. The van der Waals surface area contributed by atoms with Gasteiger partial charge in [0.2, 0.25) is 0 Å². The first-order valence-electron chi connectivity index (χ1n) is 9.58. The minimum atomic E-state index is -1.88. The molecule has 1 fully saturated rings. The molecule has 0 heterocycles. The molecule has 6 heteroatoms. The Morgan fingerprint density at radius 2 is 1.36 bits per heavy atom. The van der Waals surface area contributed by atoms with Crippen LogP contribution in [0.2, 0.25) is 36.3 Å². The van der Waals surface area contributed by atoms with Crippen LogP contribution in [-0.4, -0.2) is 39.8 Å². The van der Waals surface area contributed by atoms with Crippen molar-refractivity contribution >= 4 is 22.3 Å². The molecule has 1 aliphatic carbocycles. The summed E-state index contributed by atoms with van der Waals surface area (Å²) in [5.41, 5.74) is 0.818. The van der Waals surface area contributed by atoms with Crippen molar-refractivity contribution in [2.24, 2.45) is 11.1 Å². The lowest BCUT2D eigenvalue weighted by Gasteiger charge is -2.46. The number of rotatable bonds is 4. The van der Waals surface area contributed by atoms with Crippen LogP contribution in [0.25, 0.3) is 0 Å². The lowest BCUT2D eigenvalue weighted by molar-refractivity contribution is 0.0618. The minimum Gasteiger partial charge on any atom is -0.413 e. The first-order chi connectivity index (χ1) is 11.0. The highest BCUT2D eigenvalue weighted by molar-refractivity contribution is 6.74. The molecule has 1 aliphatic rings. The summed E-state index contributed by atoms with van der Waals surface area (Å²) in [6.07, 6.45) is 1.74. The molecule has 1 unspecified atom stereocenters. The van der Waals surface area contributed by atoms with Crippen LogP contribution in [0.3, 0.4) is 0 Å². The van der Waals surface area contributed by atoms with Gasteiger partial charge in [-0.05, 0) is 42.7 Å². The summed E-state index contributed by atoms with van der Waals surface area (Å²) in [7, 11) is -3.74. The third kappa shape index (κ3) is 5.40. The molecule has 0 aromatic rings. The Morgan fingerprint density at radius 3 is 1.76 bits per heavy atom. The molecule has 0 aliphatic heterocycles. The van der Waals surface area contributed by atoms with Crippen LogP contribution in [0.1, 0.15) is 61.3 Å². The van der Waals surface area contributed by atoms with E-state index < -0.39 is 16.6 Å². The normalized spacial score (nSPS) is 28.4. The predicted octanol–water partition coefficient (Wildman–Crippen LogP) is 6.03.